The van der Waals surface area contributed by atoms with Gasteiger partial charge in [-0.2, -0.15) is 0 Å². The average molecular weight is 271 g/mol. The first-order chi connectivity index (χ1) is 9.72. The summed E-state index contributed by atoms with van der Waals surface area (Å²) in [5, 5.41) is 2.79. The Labute approximate surface area is 115 Å². The van der Waals surface area contributed by atoms with Gasteiger partial charge in [0.1, 0.15) is 5.69 Å². The zero-order chi connectivity index (χ0) is 13.9. The van der Waals surface area contributed by atoms with Gasteiger partial charge < -0.3 is 14.8 Å². The quantitative estimate of drug-likeness (QED) is 0.914. The van der Waals surface area contributed by atoms with Crippen molar-refractivity contribution < 1.29 is 14.3 Å². The Kier molecular flexibility index (Phi) is 3.20. The molecule has 2 heterocycles. The second kappa shape index (κ2) is 5.16. The van der Waals surface area contributed by atoms with Gasteiger partial charge in [-0.05, 0) is 24.6 Å². The minimum absolute atomic E-state index is 0.240. The molecule has 1 amide bonds. The first-order valence-corrected chi connectivity index (χ1v) is 6.18. The van der Waals surface area contributed by atoms with Gasteiger partial charge >= 0.3 is 0 Å². The normalized spacial score (nSPS) is 12.2. The number of amides is 1. The molecule has 3 rings (SSSR count). The number of carbonyl (C=O) groups excluding carboxylic acids is 1. The third kappa shape index (κ3) is 2.54. The van der Waals surface area contributed by atoms with Crippen molar-refractivity contribution in [3.63, 3.8) is 0 Å². The summed E-state index contributed by atoms with van der Waals surface area (Å²) in [6.07, 6.45) is 3.03. The molecular weight excluding hydrogens is 258 g/mol. The van der Waals surface area contributed by atoms with Crippen molar-refractivity contribution in [2.75, 3.05) is 6.79 Å². The van der Waals surface area contributed by atoms with Crippen LogP contribution in [0, 0.1) is 6.92 Å². The summed E-state index contributed by atoms with van der Waals surface area (Å²) in [6, 6.07) is 5.56. The van der Waals surface area contributed by atoms with E-state index in [1.165, 1.54) is 6.20 Å². The molecule has 2 aromatic rings. The number of nitrogens with one attached hydrogen (secondary N) is 1. The molecule has 6 nitrogen and oxygen atoms in total. The molecule has 1 aliphatic heterocycles. The van der Waals surface area contributed by atoms with Gasteiger partial charge in [-0.1, -0.05) is 6.07 Å². The lowest BCUT2D eigenvalue weighted by atomic mass is 10.2. The maximum atomic E-state index is 11.9. The Bertz CT molecular complexity index is 641. The molecule has 0 saturated heterocycles. The predicted octanol–water partition coefficient (Wildman–Crippen LogP) is 1.44. The maximum absolute atomic E-state index is 11.9. The summed E-state index contributed by atoms with van der Waals surface area (Å²) in [7, 11) is 0. The molecule has 0 bridgehead atoms. The second-order valence-electron chi connectivity index (χ2n) is 4.41. The van der Waals surface area contributed by atoms with Crippen molar-refractivity contribution in [1.82, 2.24) is 15.3 Å². The highest BCUT2D eigenvalue weighted by atomic mass is 16.7. The number of hydrogen-bond donors (Lipinski definition) is 1. The standard InChI is InChI=1S/C14H13N3O3/c1-9-5-16-11(7-15-9)14(18)17-6-10-2-3-12-13(4-10)20-8-19-12/h2-5,7H,6,8H2,1H3,(H,17,18). The number of fused-ring (bicyclic) bond motifs is 1. The molecule has 20 heavy (non-hydrogen) atoms. The topological polar surface area (TPSA) is 73.3 Å². The van der Waals surface area contributed by atoms with Crippen LogP contribution < -0.4 is 14.8 Å². The van der Waals surface area contributed by atoms with Gasteiger partial charge in [-0.25, -0.2) is 4.98 Å². The van der Waals surface area contributed by atoms with E-state index in [9.17, 15) is 4.79 Å². The molecule has 0 unspecified atom stereocenters. The second-order valence-corrected chi connectivity index (χ2v) is 4.41. The number of carbonyl (C=O) groups is 1. The van der Waals surface area contributed by atoms with E-state index in [2.05, 4.69) is 15.3 Å². The van der Waals surface area contributed by atoms with Gasteiger partial charge in [0.25, 0.3) is 5.91 Å². The van der Waals surface area contributed by atoms with E-state index in [-0.39, 0.29) is 12.7 Å². The Morgan fingerprint density at radius 1 is 1.25 bits per heavy atom. The molecule has 0 fully saturated rings. The van der Waals surface area contributed by atoms with Crippen LogP contribution >= 0.6 is 0 Å². The van der Waals surface area contributed by atoms with Gasteiger partial charge in [0.15, 0.2) is 11.5 Å². The Morgan fingerprint density at radius 3 is 2.90 bits per heavy atom. The van der Waals surface area contributed by atoms with Crippen LogP contribution in [0.25, 0.3) is 0 Å². The van der Waals surface area contributed by atoms with Crippen molar-refractivity contribution in [3.05, 3.63) is 47.5 Å². The van der Waals surface area contributed by atoms with Gasteiger partial charge in [-0.15, -0.1) is 0 Å². The summed E-state index contributed by atoms with van der Waals surface area (Å²) < 4.78 is 10.5. The Balaban J connectivity index is 1.64. The number of nitrogens with zero attached hydrogens (tertiary/aromatic N) is 2. The fraction of sp³-hybridized carbons (Fsp3) is 0.214. The molecule has 1 aromatic heterocycles. The number of rotatable bonds is 3. The molecule has 0 spiro atoms. The van der Waals surface area contributed by atoms with Crippen molar-refractivity contribution in [2.45, 2.75) is 13.5 Å². The SMILES string of the molecule is Cc1cnc(C(=O)NCc2ccc3c(c2)OCO3)cn1. The van der Waals surface area contributed by atoms with E-state index in [4.69, 9.17) is 9.47 Å². The van der Waals surface area contributed by atoms with Crippen LogP contribution in [0.1, 0.15) is 21.7 Å². The van der Waals surface area contributed by atoms with Crippen LogP contribution in [0.5, 0.6) is 11.5 Å². The minimum Gasteiger partial charge on any atom is -0.454 e. The lowest BCUT2D eigenvalue weighted by Gasteiger charge is -2.05. The largest absolute Gasteiger partial charge is 0.454 e. The van der Waals surface area contributed by atoms with Crippen molar-refractivity contribution in [1.29, 1.82) is 0 Å². The summed E-state index contributed by atoms with van der Waals surface area (Å²) in [5.74, 6) is 1.17. The molecule has 0 aliphatic carbocycles. The van der Waals surface area contributed by atoms with Crippen LogP contribution in [-0.4, -0.2) is 22.7 Å². The van der Waals surface area contributed by atoms with Gasteiger partial charge in [-0.3, -0.25) is 9.78 Å². The third-order valence-electron chi connectivity index (χ3n) is 2.90. The summed E-state index contributed by atoms with van der Waals surface area (Å²) in [6.45, 7) is 2.45. The molecule has 0 saturated carbocycles. The highest BCUT2D eigenvalue weighted by Crippen LogP contribution is 2.32. The molecular formula is C14H13N3O3. The van der Waals surface area contributed by atoms with E-state index in [0.717, 1.165) is 17.0 Å². The number of aromatic nitrogens is 2. The molecule has 6 heteroatoms. The van der Waals surface area contributed by atoms with E-state index in [1.807, 2.05) is 25.1 Å². The summed E-state index contributed by atoms with van der Waals surface area (Å²) in [4.78, 5) is 20.0. The molecule has 1 aliphatic rings. The van der Waals surface area contributed by atoms with E-state index < -0.39 is 0 Å². The van der Waals surface area contributed by atoms with Gasteiger partial charge in [0.2, 0.25) is 6.79 Å². The fourth-order valence-corrected chi connectivity index (χ4v) is 1.83. The van der Waals surface area contributed by atoms with E-state index >= 15 is 0 Å². The maximum Gasteiger partial charge on any atom is 0.271 e. The minimum atomic E-state index is -0.254. The zero-order valence-corrected chi connectivity index (χ0v) is 10.9. The summed E-state index contributed by atoms with van der Waals surface area (Å²) in [5.41, 5.74) is 2.01. The highest BCUT2D eigenvalue weighted by Gasteiger charge is 2.14. The number of aryl methyl sites for hydroxylation is 1. The average Bonchev–Trinajstić information content (AvgIpc) is 2.93. The van der Waals surface area contributed by atoms with Crippen LogP contribution in [0.3, 0.4) is 0 Å². The smallest absolute Gasteiger partial charge is 0.271 e. The lowest BCUT2D eigenvalue weighted by Crippen LogP contribution is -2.24. The molecule has 1 N–H and O–H groups in total. The number of hydrogen-bond acceptors (Lipinski definition) is 5. The highest BCUT2D eigenvalue weighted by molar-refractivity contribution is 5.91. The van der Waals surface area contributed by atoms with Crippen LogP contribution in [0.2, 0.25) is 0 Å². The van der Waals surface area contributed by atoms with E-state index in [1.54, 1.807) is 6.20 Å². The predicted molar refractivity (Wildman–Crippen MR) is 70.5 cm³/mol. The Morgan fingerprint density at radius 2 is 2.10 bits per heavy atom. The molecule has 102 valence electrons. The van der Waals surface area contributed by atoms with Crippen LogP contribution in [0.15, 0.2) is 30.6 Å². The van der Waals surface area contributed by atoms with Crippen LogP contribution in [0.4, 0.5) is 0 Å². The molecule has 1 aromatic carbocycles. The molecule has 0 radical (unpaired) electrons. The number of ether oxygens (including phenoxy) is 2. The third-order valence-corrected chi connectivity index (χ3v) is 2.90. The lowest BCUT2D eigenvalue weighted by molar-refractivity contribution is 0.0945. The fourth-order valence-electron chi connectivity index (χ4n) is 1.83. The summed E-state index contributed by atoms with van der Waals surface area (Å²) >= 11 is 0. The number of benzene rings is 1. The van der Waals surface area contributed by atoms with Crippen molar-refractivity contribution in [3.8, 4) is 11.5 Å². The van der Waals surface area contributed by atoms with Crippen LogP contribution in [-0.2, 0) is 6.54 Å². The monoisotopic (exact) mass is 271 g/mol. The van der Waals surface area contributed by atoms with Crippen molar-refractivity contribution in [2.24, 2.45) is 0 Å². The zero-order valence-electron chi connectivity index (χ0n) is 10.9. The Hall–Kier alpha value is -2.63. The first-order valence-electron chi connectivity index (χ1n) is 6.18. The van der Waals surface area contributed by atoms with Crippen molar-refractivity contribution >= 4 is 5.91 Å². The first kappa shape index (κ1) is 12.4. The van der Waals surface area contributed by atoms with Gasteiger partial charge in [0, 0.05) is 12.7 Å². The van der Waals surface area contributed by atoms with Gasteiger partial charge in [0.05, 0.1) is 11.9 Å². The molecule has 0 atom stereocenters. The van der Waals surface area contributed by atoms with E-state index in [0.29, 0.717) is 18.0 Å².